The van der Waals surface area contributed by atoms with E-state index in [9.17, 15) is 4.79 Å². The Morgan fingerprint density at radius 2 is 1.85 bits per heavy atom. The summed E-state index contributed by atoms with van der Waals surface area (Å²) < 4.78 is 11.3. The van der Waals surface area contributed by atoms with E-state index in [1.165, 1.54) is 0 Å². The van der Waals surface area contributed by atoms with Crippen molar-refractivity contribution in [3.8, 4) is 0 Å². The van der Waals surface area contributed by atoms with Crippen LogP contribution >= 0.6 is 0 Å². The predicted molar refractivity (Wildman–Crippen MR) is 79.8 cm³/mol. The molecule has 0 aromatic rings. The Bertz CT molecular complexity index is 274. The Balaban J connectivity index is 2.09. The van der Waals surface area contributed by atoms with Gasteiger partial charge in [-0.15, -0.1) is 0 Å². The van der Waals surface area contributed by atoms with Gasteiger partial charge in [-0.25, -0.2) is 0 Å². The van der Waals surface area contributed by atoms with Gasteiger partial charge in [0, 0.05) is 19.1 Å². The molecule has 1 heterocycles. The lowest BCUT2D eigenvalue weighted by Crippen LogP contribution is -2.44. The maximum atomic E-state index is 11.7. The number of carbonyl (C=O) groups excluding carboxylic acids is 1. The first-order chi connectivity index (χ1) is 9.47. The molecule has 1 amide bonds. The van der Waals surface area contributed by atoms with E-state index in [4.69, 9.17) is 9.47 Å². The molecule has 0 atom stereocenters. The molecule has 0 saturated carbocycles. The van der Waals surface area contributed by atoms with Crippen molar-refractivity contribution in [3.05, 3.63) is 0 Å². The second-order valence-corrected chi connectivity index (χ2v) is 5.99. The van der Waals surface area contributed by atoms with Crippen LogP contribution in [0.2, 0.25) is 0 Å². The van der Waals surface area contributed by atoms with Crippen LogP contribution in [0.1, 0.15) is 40.5 Å². The number of nitrogens with zero attached hydrogens (tertiary/aromatic N) is 1. The lowest BCUT2D eigenvalue weighted by Gasteiger charge is -2.31. The molecule has 0 aliphatic carbocycles. The minimum atomic E-state index is 0.115. The molecule has 20 heavy (non-hydrogen) atoms. The van der Waals surface area contributed by atoms with E-state index in [1.54, 1.807) is 0 Å². The van der Waals surface area contributed by atoms with E-state index in [-0.39, 0.29) is 18.1 Å². The number of likely N-dealkylation sites (tertiary alicyclic amines) is 1. The van der Waals surface area contributed by atoms with Crippen molar-refractivity contribution in [2.75, 3.05) is 32.8 Å². The fraction of sp³-hybridized carbons (Fsp3) is 0.933. The summed E-state index contributed by atoms with van der Waals surface area (Å²) in [6.45, 7) is 11.7. The number of hydrogen-bond acceptors (Lipinski definition) is 4. The molecule has 118 valence electrons. The van der Waals surface area contributed by atoms with E-state index in [2.05, 4.69) is 10.2 Å². The average Bonchev–Trinajstić information content (AvgIpc) is 2.35. The Morgan fingerprint density at radius 1 is 1.20 bits per heavy atom. The molecule has 1 fully saturated rings. The molecule has 1 aliphatic rings. The van der Waals surface area contributed by atoms with Crippen molar-refractivity contribution >= 4 is 5.91 Å². The molecule has 5 nitrogen and oxygen atoms in total. The third-order valence-corrected chi connectivity index (χ3v) is 3.24. The van der Waals surface area contributed by atoms with Crippen LogP contribution < -0.4 is 5.32 Å². The maximum absolute atomic E-state index is 11.7. The zero-order valence-electron chi connectivity index (χ0n) is 13.4. The van der Waals surface area contributed by atoms with Crippen molar-refractivity contribution in [1.29, 1.82) is 0 Å². The number of piperidine rings is 1. The summed E-state index contributed by atoms with van der Waals surface area (Å²) in [6.07, 6.45) is 2.57. The molecular weight excluding hydrogens is 256 g/mol. The Hall–Kier alpha value is -0.650. The zero-order chi connectivity index (χ0) is 15.0. The van der Waals surface area contributed by atoms with Crippen LogP contribution in [0.15, 0.2) is 0 Å². The van der Waals surface area contributed by atoms with Crippen molar-refractivity contribution in [2.24, 2.45) is 0 Å². The van der Waals surface area contributed by atoms with Gasteiger partial charge >= 0.3 is 0 Å². The van der Waals surface area contributed by atoms with E-state index < -0.39 is 0 Å². The van der Waals surface area contributed by atoms with Gasteiger partial charge in [0.2, 0.25) is 5.91 Å². The number of carbonyl (C=O) groups is 1. The fourth-order valence-corrected chi connectivity index (χ4v) is 2.30. The van der Waals surface area contributed by atoms with Crippen LogP contribution in [-0.2, 0) is 14.3 Å². The smallest absolute Gasteiger partial charge is 0.234 e. The molecule has 0 unspecified atom stereocenters. The van der Waals surface area contributed by atoms with E-state index in [0.717, 1.165) is 25.9 Å². The quantitative estimate of drug-likeness (QED) is 0.686. The molecule has 0 radical (unpaired) electrons. The molecule has 0 aromatic heterocycles. The number of rotatable bonds is 8. The van der Waals surface area contributed by atoms with Gasteiger partial charge in [0.15, 0.2) is 0 Å². The van der Waals surface area contributed by atoms with E-state index >= 15 is 0 Å². The Morgan fingerprint density at radius 3 is 2.40 bits per heavy atom. The predicted octanol–water partition coefficient (Wildman–Crippen LogP) is 1.42. The summed E-state index contributed by atoms with van der Waals surface area (Å²) in [7, 11) is 0. The second-order valence-electron chi connectivity index (χ2n) is 5.99. The van der Waals surface area contributed by atoms with Crippen LogP contribution in [0.25, 0.3) is 0 Å². The number of hydrogen-bond donors (Lipinski definition) is 1. The van der Waals surface area contributed by atoms with Crippen molar-refractivity contribution in [3.63, 3.8) is 0 Å². The molecular formula is C15H30N2O3. The highest BCUT2D eigenvalue weighted by Crippen LogP contribution is 2.13. The van der Waals surface area contributed by atoms with Gasteiger partial charge in [-0.2, -0.15) is 0 Å². The van der Waals surface area contributed by atoms with E-state index in [0.29, 0.717) is 25.9 Å². The fourth-order valence-electron chi connectivity index (χ4n) is 2.30. The zero-order valence-corrected chi connectivity index (χ0v) is 13.4. The summed E-state index contributed by atoms with van der Waals surface area (Å²) in [4.78, 5) is 13.9. The van der Waals surface area contributed by atoms with Crippen LogP contribution in [0.5, 0.6) is 0 Å². The van der Waals surface area contributed by atoms with E-state index in [1.807, 2.05) is 27.7 Å². The maximum Gasteiger partial charge on any atom is 0.234 e. The standard InChI is InChI=1S/C15H30N2O3/c1-12(2)16-15(18)11-17-7-5-14(6-8-17)20-10-9-19-13(3)4/h12-14H,5-11H2,1-4H3,(H,16,18). The molecule has 5 heteroatoms. The van der Waals surface area contributed by atoms with Gasteiger partial charge in [-0.3, -0.25) is 9.69 Å². The highest BCUT2D eigenvalue weighted by molar-refractivity contribution is 5.78. The topological polar surface area (TPSA) is 50.8 Å². The molecule has 1 aliphatic heterocycles. The summed E-state index contributed by atoms with van der Waals surface area (Å²) in [5.74, 6) is 0.115. The summed E-state index contributed by atoms with van der Waals surface area (Å²) in [6, 6.07) is 0.212. The third kappa shape index (κ3) is 7.82. The number of amides is 1. The number of nitrogens with one attached hydrogen (secondary N) is 1. The van der Waals surface area contributed by atoms with Gasteiger partial charge in [-0.05, 0) is 40.5 Å². The summed E-state index contributed by atoms with van der Waals surface area (Å²) >= 11 is 0. The van der Waals surface area contributed by atoms with Gasteiger partial charge in [0.25, 0.3) is 0 Å². The van der Waals surface area contributed by atoms with Gasteiger partial charge < -0.3 is 14.8 Å². The van der Waals surface area contributed by atoms with Gasteiger partial charge in [-0.1, -0.05) is 0 Å². The first-order valence-electron chi connectivity index (χ1n) is 7.72. The van der Waals surface area contributed by atoms with Crippen molar-refractivity contribution < 1.29 is 14.3 Å². The summed E-state index contributed by atoms with van der Waals surface area (Å²) in [5.41, 5.74) is 0. The van der Waals surface area contributed by atoms with Crippen LogP contribution in [0.4, 0.5) is 0 Å². The van der Waals surface area contributed by atoms with Gasteiger partial charge in [0.1, 0.15) is 0 Å². The third-order valence-electron chi connectivity index (χ3n) is 3.24. The Kier molecular flexibility index (Phi) is 8.11. The molecule has 0 spiro atoms. The molecule has 0 aromatic carbocycles. The highest BCUT2D eigenvalue weighted by atomic mass is 16.5. The lowest BCUT2D eigenvalue weighted by molar-refractivity contribution is -0.123. The molecule has 0 bridgehead atoms. The first kappa shape index (κ1) is 17.4. The largest absolute Gasteiger partial charge is 0.376 e. The minimum absolute atomic E-state index is 0.115. The summed E-state index contributed by atoms with van der Waals surface area (Å²) in [5, 5.41) is 2.93. The number of ether oxygens (including phenoxy) is 2. The van der Waals surface area contributed by atoms with Crippen LogP contribution in [0.3, 0.4) is 0 Å². The van der Waals surface area contributed by atoms with Crippen molar-refractivity contribution in [1.82, 2.24) is 10.2 Å². The monoisotopic (exact) mass is 286 g/mol. The SMILES string of the molecule is CC(C)NC(=O)CN1CCC(OCCOC(C)C)CC1. The highest BCUT2D eigenvalue weighted by Gasteiger charge is 2.21. The minimum Gasteiger partial charge on any atom is -0.376 e. The normalized spacial score (nSPS) is 17.9. The average molecular weight is 286 g/mol. The molecule has 1 saturated heterocycles. The van der Waals surface area contributed by atoms with Crippen LogP contribution in [0, 0.1) is 0 Å². The van der Waals surface area contributed by atoms with Gasteiger partial charge in [0.05, 0.1) is 32.0 Å². The second kappa shape index (κ2) is 9.32. The van der Waals surface area contributed by atoms with Crippen molar-refractivity contribution in [2.45, 2.75) is 58.8 Å². The molecule has 1 N–H and O–H groups in total. The molecule has 1 rings (SSSR count). The Labute approximate surface area is 123 Å². The lowest BCUT2D eigenvalue weighted by atomic mass is 10.1. The first-order valence-corrected chi connectivity index (χ1v) is 7.72. The van der Waals surface area contributed by atoms with Crippen LogP contribution in [-0.4, -0.2) is 61.9 Å².